The number of halogens is 1. The van der Waals surface area contributed by atoms with Crippen molar-refractivity contribution in [2.24, 2.45) is 5.92 Å². The second-order valence-corrected chi connectivity index (χ2v) is 10.9. The topological polar surface area (TPSA) is 106 Å². The van der Waals surface area contributed by atoms with Gasteiger partial charge < -0.3 is 19.7 Å². The van der Waals surface area contributed by atoms with Crippen LogP contribution in [-0.2, 0) is 13.1 Å². The number of H-pyrrole nitrogens is 2. The van der Waals surface area contributed by atoms with Gasteiger partial charge in [-0.1, -0.05) is 6.07 Å². The van der Waals surface area contributed by atoms with E-state index in [-0.39, 0.29) is 17.4 Å². The predicted molar refractivity (Wildman–Crippen MR) is 151 cm³/mol. The largest absolute Gasteiger partial charge is 0.345 e. The van der Waals surface area contributed by atoms with E-state index in [4.69, 9.17) is 0 Å². The highest BCUT2D eigenvalue weighted by Crippen LogP contribution is 2.37. The maximum Gasteiger partial charge on any atom is 0.320 e. The number of nitrogens with zero attached hydrogens (tertiary/aromatic N) is 5. The quantitative estimate of drug-likeness (QED) is 0.322. The van der Waals surface area contributed by atoms with Gasteiger partial charge >= 0.3 is 6.03 Å². The minimum atomic E-state index is -0.381. The Balaban J connectivity index is 1.26. The third-order valence-electron chi connectivity index (χ3n) is 8.30. The first-order valence-electron chi connectivity index (χ1n) is 13.7. The van der Waals surface area contributed by atoms with Crippen molar-refractivity contribution in [1.29, 1.82) is 0 Å². The Morgan fingerprint density at radius 2 is 2.02 bits per heavy atom. The zero-order valence-corrected chi connectivity index (χ0v) is 22.3. The molecule has 5 aromatic rings. The molecule has 0 radical (unpaired) electrons. The lowest BCUT2D eigenvalue weighted by Gasteiger charge is -2.31. The molecule has 1 aromatic carbocycles. The first kappa shape index (κ1) is 24.6. The molecule has 0 saturated carbocycles. The van der Waals surface area contributed by atoms with Crippen molar-refractivity contribution in [1.82, 2.24) is 39.3 Å². The molecule has 11 heteroatoms. The number of carbonyl (C=O) groups excluding carboxylic acids is 1. The Bertz CT molecular complexity index is 1790. The molecule has 40 heavy (non-hydrogen) atoms. The summed E-state index contributed by atoms with van der Waals surface area (Å²) in [5, 5.41) is 9.82. The van der Waals surface area contributed by atoms with Gasteiger partial charge in [0, 0.05) is 56.6 Å². The number of aromatic nitrogens is 5. The van der Waals surface area contributed by atoms with Crippen LogP contribution in [0.3, 0.4) is 0 Å². The van der Waals surface area contributed by atoms with Crippen LogP contribution in [0.4, 0.5) is 9.18 Å². The number of amides is 2. The molecule has 3 N–H and O–H groups in total. The number of hydrogen-bond acceptors (Lipinski definition) is 4. The molecule has 0 atom stereocenters. The van der Waals surface area contributed by atoms with Crippen molar-refractivity contribution in [3.05, 3.63) is 70.7 Å². The van der Waals surface area contributed by atoms with Crippen LogP contribution in [0.5, 0.6) is 0 Å². The molecule has 2 aliphatic heterocycles. The molecule has 6 heterocycles. The summed E-state index contributed by atoms with van der Waals surface area (Å²) >= 11 is 0. The van der Waals surface area contributed by atoms with Gasteiger partial charge in [0.05, 0.1) is 28.7 Å². The maximum atomic E-state index is 15.1. The highest BCUT2D eigenvalue weighted by atomic mass is 19.1. The minimum absolute atomic E-state index is 0.0354. The van der Waals surface area contributed by atoms with E-state index in [1.54, 1.807) is 6.20 Å². The fourth-order valence-electron chi connectivity index (χ4n) is 6.36. The lowest BCUT2D eigenvalue weighted by Crippen LogP contribution is -2.44. The smallest absolute Gasteiger partial charge is 0.320 e. The van der Waals surface area contributed by atoms with Crippen LogP contribution >= 0.6 is 0 Å². The van der Waals surface area contributed by atoms with E-state index in [1.807, 2.05) is 51.8 Å². The zero-order valence-electron chi connectivity index (χ0n) is 22.3. The van der Waals surface area contributed by atoms with Gasteiger partial charge in [0.25, 0.3) is 5.56 Å². The summed E-state index contributed by atoms with van der Waals surface area (Å²) in [6.45, 7) is 4.07. The molecule has 2 aliphatic rings. The highest BCUT2D eigenvalue weighted by molar-refractivity contribution is 6.00. The second-order valence-electron chi connectivity index (χ2n) is 10.9. The van der Waals surface area contributed by atoms with Crippen molar-refractivity contribution in [3.8, 4) is 22.5 Å². The molecule has 0 bridgehead atoms. The second kappa shape index (κ2) is 9.67. The Labute approximate surface area is 229 Å². The summed E-state index contributed by atoms with van der Waals surface area (Å²) in [6, 6.07) is 8.65. The van der Waals surface area contributed by atoms with Crippen LogP contribution in [0.2, 0.25) is 0 Å². The fourth-order valence-corrected chi connectivity index (χ4v) is 6.36. The Kier molecular flexibility index (Phi) is 5.96. The van der Waals surface area contributed by atoms with Crippen LogP contribution in [0, 0.1) is 11.7 Å². The SMILES string of the molecule is CN(CC1CCNCC1)C(=O)N1CCn2cc(-c3[nH][nH]c(=O)c3-c3cnc4ccccn34)c3cc(F)cc(c32)C1. The van der Waals surface area contributed by atoms with Gasteiger partial charge in [0.1, 0.15) is 11.5 Å². The lowest BCUT2D eigenvalue weighted by molar-refractivity contribution is 0.148. The van der Waals surface area contributed by atoms with Crippen molar-refractivity contribution in [3.63, 3.8) is 0 Å². The zero-order chi connectivity index (χ0) is 27.4. The summed E-state index contributed by atoms with van der Waals surface area (Å²) in [5.41, 5.74) is 4.45. The van der Waals surface area contributed by atoms with Gasteiger partial charge in [-0.3, -0.25) is 19.4 Å². The highest BCUT2D eigenvalue weighted by Gasteiger charge is 2.28. The number of benzene rings is 1. The normalized spacial score (nSPS) is 16.1. The number of urea groups is 1. The summed E-state index contributed by atoms with van der Waals surface area (Å²) in [5.74, 6) is 0.109. The van der Waals surface area contributed by atoms with E-state index in [1.165, 1.54) is 12.1 Å². The molecule has 2 amide bonds. The Hall–Kier alpha value is -4.38. The molecule has 0 spiro atoms. The number of aromatic amines is 2. The average Bonchev–Trinajstić information content (AvgIpc) is 3.61. The number of fused-ring (bicyclic) bond motifs is 1. The molecule has 1 saturated heterocycles. The number of carbonyl (C=O) groups is 1. The lowest BCUT2D eigenvalue weighted by atomic mass is 9.98. The summed E-state index contributed by atoms with van der Waals surface area (Å²) in [6.07, 6.45) is 7.62. The predicted octanol–water partition coefficient (Wildman–Crippen LogP) is 3.65. The van der Waals surface area contributed by atoms with Crippen LogP contribution in [0.15, 0.2) is 53.7 Å². The van der Waals surface area contributed by atoms with Gasteiger partial charge in [0.15, 0.2) is 0 Å². The van der Waals surface area contributed by atoms with Crippen molar-refractivity contribution >= 4 is 22.6 Å². The standard InChI is InChI=1S/C29H31FN8O2/c1-35(15-18-5-7-31-8-6-18)29(40)37-11-10-36-17-22(21-13-20(30)12-19(16-37)27(21)36)26-25(28(39)34-33-26)23-14-32-24-4-2-3-9-38(23)24/h2-4,9,12-14,17-18,31H,5-8,10-11,15-16H2,1H3,(H2,33,34,39). The number of pyridine rings is 1. The number of rotatable bonds is 4. The van der Waals surface area contributed by atoms with Crippen molar-refractivity contribution in [2.75, 3.05) is 33.2 Å². The molecular formula is C29H31FN8O2. The first-order chi connectivity index (χ1) is 19.5. The molecule has 4 aromatic heterocycles. The molecule has 1 fully saturated rings. The van der Waals surface area contributed by atoms with E-state index in [9.17, 15) is 9.59 Å². The fraction of sp³-hybridized carbons (Fsp3) is 0.345. The molecule has 10 nitrogen and oxygen atoms in total. The van der Waals surface area contributed by atoms with Gasteiger partial charge in [0.2, 0.25) is 0 Å². The summed E-state index contributed by atoms with van der Waals surface area (Å²) in [4.78, 5) is 34.6. The van der Waals surface area contributed by atoms with Crippen molar-refractivity contribution < 1.29 is 9.18 Å². The van der Waals surface area contributed by atoms with Crippen LogP contribution in [-0.4, -0.2) is 73.2 Å². The Morgan fingerprint density at radius 1 is 1.18 bits per heavy atom. The number of nitrogens with one attached hydrogen (secondary N) is 3. The van der Waals surface area contributed by atoms with Gasteiger partial charge in [-0.25, -0.2) is 14.2 Å². The monoisotopic (exact) mass is 542 g/mol. The van der Waals surface area contributed by atoms with Gasteiger partial charge in [-0.05, 0) is 61.7 Å². The number of piperidine rings is 1. The number of imidazole rings is 1. The maximum absolute atomic E-state index is 15.1. The van der Waals surface area contributed by atoms with E-state index >= 15 is 4.39 Å². The molecule has 206 valence electrons. The van der Waals surface area contributed by atoms with Crippen LogP contribution < -0.4 is 10.9 Å². The minimum Gasteiger partial charge on any atom is -0.345 e. The van der Waals surface area contributed by atoms with Crippen LogP contribution in [0.25, 0.3) is 39.1 Å². The van der Waals surface area contributed by atoms with Gasteiger partial charge in [-0.15, -0.1) is 0 Å². The third-order valence-corrected chi connectivity index (χ3v) is 8.30. The summed E-state index contributed by atoms with van der Waals surface area (Å²) in [7, 11) is 1.86. The molecule has 0 unspecified atom stereocenters. The first-order valence-corrected chi connectivity index (χ1v) is 13.7. The molecular weight excluding hydrogens is 511 g/mol. The average molecular weight is 543 g/mol. The van der Waals surface area contributed by atoms with E-state index in [0.717, 1.165) is 54.8 Å². The molecule has 0 aliphatic carbocycles. The third kappa shape index (κ3) is 4.08. The number of hydrogen-bond donors (Lipinski definition) is 3. The van der Waals surface area contributed by atoms with E-state index < -0.39 is 0 Å². The van der Waals surface area contributed by atoms with E-state index in [2.05, 4.69) is 25.1 Å². The van der Waals surface area contributed by atoms with Crippen LogP contribution in [0.1, 0.15) is 18.4 Å². The molecule has 7 rings (SSSR count). The van der Waals surface area contributed by atoms with E-state index in [0.29, 0.717) is 47.9 Å². The van der Waals surface area contributed by atoms with Gasteiger partial charge in [-0.2, -0.15) is 0 Å². The summed E-state index contributed by atoms with van der Waals surface area (Å²) < 4.78 is 19.0. The Morgan fingerprint density at radius 3 is 2.88 bits per heavy atom. The van der Waals surface area contributed by atoms with Crippen molar-refractivity contribution in [2.45, 2.75) is 25.9 Å².